The molecule has 0 fully saturated rings. The topological polar surface area (TPSA) is 104 Å². The Balaban J connectivity index is 2.06. The molecule has 0 aliphatic heterocycles. The molecule has 1 amide bonds. The lowest BCUT2D eigenvalue weighted by molar-refractivity contribution is -0.120. The summed E-state index contributed by atoms with van der Waals surface area (Å²) in [6, 6.07) is 3.35. The monoisotopic (exact) mass is 236 g/mol. The minimum atomic E-state index is -0.394. The van der Waals surface area contributed by atoms with E-state index in [-0.39, 0.29) is 5.91 Å². The van der Waals surface area contributed by atoms with Gasteiger partial charge < -0.3 is 10.6 Å². The van der Waals surface area contributed by atoms with Crippen molar-refractivity contribution in [1.82, 2.24) is 25.1 Å². The minimum Gasteiger partial charge on any atom is -0.368 e. The van der Waals surface area contributed by atoms with E-state index in [1.807, 2.05) is 0 Å². The Kier molecular flexibility index (Phi) is 3.03. The fourth-order valence-electron chi connectivity index (χ4n) is 1.33. The van der Waals surface area contributed by atoms with Crippen LogP contribution in [0.3, 0.4) is 0 Å². The first-order chi connectivity index (χ1) is 8.20. The van der Waals surface area contributed by atoms with Gasteiger partial charge in [-0.15, -0.1) is 5.10 Å². The molecule has 17 heavy (non-hydrogen) atoms. The summed E-state index contributed by atoms with van der Waals surface area (Å²) in [6.45, 7) is 0.449. The normalized spacial score (nSPS) is 10.4. The molecule has 2 aromatic rings. The molecule has 0 atom stereocenters. The predicted molar refractivity (Wildman–Crippen MR) is 60.8 cm³/mol. The Morgan fingerprint density at radius 1 is 1.53 bits per heavy atom. The zero-order valence-electron chi connectivity index (χ0n) is 9.23. The average Bonchev–Trinajstić information content (AvgIpc) is 2.71. The summed E-state index contributed by atoms with van der Waals surface area (Å²) >= 11 is 0. The number of fused-ring (bicyclic) bond motifs is 1. The van der Waals surface area contributed by atoms with E-state index in [1.54, 1.807) is 19.2 Å². The molecule has 3 N–H and O–H groups in total. The van der Waals surface area contributed by atoms with Crippen LogP contribution in [-0.2, 0) is 4.79 Å². The van der Waals surface area contributed by atoms with E-state index >= 15 is 0 Å². The third-order valence-electron chi connectivity index (χ3n) is 2.21. The Labute approximate surface area is 96.0 Å². The van der Waals surface area contributed by atoms with Crippen LogP contribution in [-0.4, -0.2) is 39.3 Å². The highest BCUT2D eigenvalue weighted by atomic mass is 16.2. The van der Waals surface area contributed by atoms with Gasteiger partial charge in [0.1, 0.15) is 5.82 Å². The number of carbonyl (C=O) groups is 1. The third kappa shape index (κ3) is 2.41. The number of aromatic nitrogens is 4. The van der Waals surface area contributed by atoms with Crippen LogP contribution in [0.15, 0.2) is 16.9 Å². The molecule has 2 aromatic heterocycles. The lowest BCUT2D eigenvalue weighted by Gasteiger charge is -2.04. The Morgan fingerprint density at radius 2 is 2.35 bits per heavy atom. The van der Waals surface area contributed by atoms with Gasteiger partial charge in [0.25, 0.3) is 0 Å². The summed E-state index contributed by atoms with van der Waals surface area (Å²) in [7, 11) is 1.58. The van der Waals surface area contributed by atoms with E-state index in [0.717, 1.165) is 4.52 Å². The third-order valence-corrected chi connectivity index (χ3v) is 2.21. The second kappa shape index (κ2) is 4.64. The maximum absolute atomic E-state index is 11.2. The number of nitrogens with one attached hydrogen (secondary N) is 3. The van der Waals surface area contributed by atoms with E-state index < -0.39 is 5.69 Å². The molecule has 8 heteroatoms. The van der Waals surface area contributed by atoms with Gasteiger partial charge in [-0.3, -0.25) is 4.79 Å². The number of H-pyrrole nitrogens is 1. The summed E-state index contributed by atoms with van der Waals surface area (Å²) in [5.41, 5.74) is 0.0572. The molecule has 0 spiro atoms. The quantitative estimate of drug-likeness (QED) is 0.629. The van der Waals surface area contributed by atoms with Gasteiger partial charge in [0.05, 0.1) is 0 Å². The van der Waals surface area contributed by atoms with Gasteiger partial charge in [0.2, 0.25) is 5.91 Å². The molecule has 90 valence electrons. The van der Waals surface area contributed by atoms with Crippen molar-refractivity contribution >= 4 is 17.4 Å². The van der Waals surface area contributed by atoms with Crippen molar-refractivity contribution in [2.75, 3.05) is 18.9 Å². The molecule has 2 heterocycles. The lowest BCUT2D eigenvalue weighted by Crippen LogP contribution is -2.21. The van der Waals surface area contributed by atoms with Gasteiger partial charge in [-0.2, -0.15) is 9.61 Å². The molecule has 0 aromatic carbocycles. The van der Waals surface area contributed by atoms with Gasteiger partial charge in [-0.25, -0.2) is 9.89 Å². The number of anilines is 1. The number of aromatic amines is 1. The van der Waals surface area contributed by atoms with E-state index in [9.17, 15) is 9.59 Å². The lowest BCUT2D eigenvalue weighted by atomic mass is 10.4. The van der Waals surface area contributed by atoms with Crippen LogP contribution >= 0.6 is 0 Å². The molecule has 0 bridgehead atoms. The van der Waals surface area contributed by atoms with Crippen molar-refractivity contribution < 1.29 is 4.79 Å². The summed E-state index contributed by atoms with van der Waals surface area (Å²) in [6.07, 6.45) is 0.344. The first-order valence-electron chi connectivity index (χ1n) is 5.09. The maximum Gasteiger partial charge on any atom is 0.364 e. The molecule has 0 saturated heterocycles. The number of carbonyl (C=O) groups excluding carboxylic acids is 1. The van der Waals surface area contributed by atoms with E-state index in [0.29, 0.717) is 24.4 Å². The van der Waals surface area contributed by atoms with Crippen molar-refractivity contribution in [2.45, 2.75) is 6.42 Å². The fourth-order valence-corrected chi connectivity index (χ4v) is 1.33. The predicted octanol–water partition coefficient (Wildman–Crippen LogP) is -1.03. The molecular formula is C9H12N6O2. The van der Waals surface area contributed by atoms with Crippen molar-refractivity contribution in [1.29, 1.82) is 0 Å². The number of rotatable bonds is 4. The van der Waals surface area contributed by atoms with Crippen LogP contribution in [0.2, 0.25) is 0 Å². The van der Waals surface area contributed by atoms with Crippen molar-refractivity contribution in [3.8, 4) is 0 Å². The SMILES string of the molecule is CNC(=O)CCNc1ccc2n[nH]c(=O)n2n1. The standard InChI is InChI=1S/C9H12N6O2/c1-10-8(16)4-5-11-6-2-3-7-12-13-9(17)15(7)14-6/h2-3H,4-5H2,1H3,(H,10,16)(H,11,14)(H,13,17). The number of hydrogen-bond acceptors (Lipinski definition) is 5. The first kappa shape index (κ1) is 11.1. The minimum absolute atomic E-state index is 0.0564. The second-order valence-electron chi connectivity index (χ2n) is 3.37. The van der Waals surface area contributed by atoms with Crippen molar-refractivity contribution in [3.63, 3.8) is 0 Å². The second-order valence-corrected chi connectivity index (χ2v) is 3.37. The fraction of sp³-hybridized carbons (Fsp3) is 0.333. The van der Waals surface area contributed by atoms with Crippen LogP contribution in [0.4, 0.5) is 5.82 Å². The van der Waals surface area contributed by atoms with E-state index in [2.05, 4.69) is 25.9 Å². The van der Waals surface area contributed by atoms with Crippen LogP contribution in [0, 0.1) is 0 Å². The van der Waals surface area contributed by atoms with Gasteiger partial charge in [-0.05, 0) is 12.1 Å². The van der Waals surface area contributed by atoms with Gasteiger partial charge >= 0.3 is 5.69 Å². The molecule has 2 rings (SSSR count). The van der Waals surface area contributed by atoms with Crippen molar-refractivity contribution in [2.24, 2.45) is 0 Å². The molecule has 8 nitrogen and oxygen atoms in total. The first-order valence-corrected chi connectivity index (χ1v) is 5.09. The Hall–Kier alpha value is -2.38. The van der Waals surface area contributed by atoms with E-state index in [1.165, 1.54) is 0 Å². The maximum atomic E-state index is 11.2. The largest absolute Gasteiger partial charge is 0.368 e. The van der Waals surface area contributed by atoms with Gasteiger partial charge in [0, 0.05) is 20.0 Å². The van der Waals surface area contributed by atoms with Crippen LogP contribution in [0.1, 0.15) is 6.42 Å². The van der Waals surface area contributed by atoms with Crippen LogP contribution in [0.5, 0.6) is 0 Å². The highest BCUT2D eigenvalue weighted by Gasteiger charge is 2.03. The molecule has 0 unspecified atom stereocenters. The molecule has 0 radical (unpaired) electrons. The Morgan fingerprint density at radius 3 is 3.12 bits per heavy atom. The zero-order valence-corrected chi connectivity index (χ0v) is 9.23. The average molecular weight is 236 g/mol. The van der Waals surface area contributed by atoms with Crippen LogP contribution < -0.4 is 16.3 Å². The summed E-state index contributed by atoms with van der Waals surface area (Å²) in [4.78, 5) is 22.2. The Bertz CT molecular complexity index is 586. The highest BCUT2D eigenvalue weighted by molar-refractivity contribution is 5.76. The number of nitrogens with zero attached hydrogens (tertiary/aromatic N) is 3. The van der Waals surface area contributed by atoms with E-state index in [4.69, 9.17) is 0 Å². The summed E-state index contributed by atoms with van der Waals surface area (Å²) < 4.78 is 1.15. The molecular weight excluding hydrogens is 224 g/mol. The zero-order chi connectivity index (χ0) is 12.3. The summed E-state index contributed by atoms with van der Waals surface area (Å²) in [5, 5.41) is 15.5. The summed E-state index contributed by atoms with van der Waals surface area (Å²) in [5.74, 6) is 0.462. The number of hydrogen-bond donors (Lipinski definition) is 3. The molecule has 0 saturated carbocycles. The molecule has 0 aliphatic rings. The van der Waals surface area contributed by atoms with Gasteiger partial charge in [0.15, 0.2) is 5.65 Å². The number of amides is 1. The highest BCUT2D eigenvalue weighted by Crippen LogP contribution is 2.02. The van der Waals surface area contributed by atoms with Crippen LogP contribution in [0.25, 0.3) is 5.65 Å². The molecule has 0 aliphatic carbocycles. The van der Waals surface area contributed by atoms with Crippen molar-refractivity contribution in [3.05, 3.63) is 22.6 Å². The van der Waals surface area contributed by atoms with Gasteiger partial charge in [-0.1, -0.05) is 0 Å². The smallest absolute Gasteiger partial charge is 0.364 e.